The molecule has 0 unspecified atom stereocenters. The molecule has 0 fully saturated rings. The molecule has 0 saturated carbocycles. The Hall–Kier alpha value is -3.39. The Kier molecular flexibility index (Phi) is 5.88. The van der Waals surface area contributed by atoms with E-state index in [1.54, 1.807) is 18.5 Å². The zero-order chi connectivity index (χ0) is 22.9. The zero-order valence-electron chi connectivity index (χ0n) is 17.8. The van der Waals surface area contributed by atoms with Gasteiger partial charge in [-0.1, -0.05) is 12.1 Å². The van der Waals surface area contributed by atoms with Crippen LogP contribution < -0.4 is 5.56 Å². The Morgan fingerprint density at radius 2 is 1.72 bits per heavy atom. The smallest absolute Gasteiger partial charge is 0.309 e. The van der Waals surface area contributed by atoms with Crippen LogP contribution in [0.1, 0.15) is 12.0 Å². The highest BCUT2D eigenvalue weighted by Crippen LogP contribution is 2.30. The van der Waals surface area contributed by atoms with Crippen molar-refractivity contribution in [1.82, 2.24) is 19.2 Å². The summed E-state index contributed by atoms with van der Waals surface area (Å²) in [5, 5.41) is 5.39. The van der Waals surface area contributed by atoms with Crippen LogP contribution in [0.2, 0.25) is 0 Å². The zero-order valence-corrected chi connectivity index (χ0v) is 17.8. The number of benzene rings is 2. The van der Waals surface area contributed by atoms with Crippen LogP contribution in [0, 0.1) is 0 Å². The Morgan fingerprint density at radius 3 is 2.38 bits per heavy atom. The van der Waals surface area contributed by atoms with Crippen molar-refractivity contribution in [3.63, 3.8) is 0 Å². The maximum absolute atomic E-state index is 12.8. The van der Waals surface area contributed by atoms with Crippen LogP contribution >= 0.6 is 0 Å². The summed E-state index contributed by atoms with van der Waals surface area (Å²) in [6.45, 7) is 1.78. The van der Waals surface area contributed by atoms with Crippen molar-refractivity contribution in [2.45, 2.75) is 19.1 Å². The molecule has 2 aromatic heterocycles. The molecule has 0 spiro atoms. The average Bonchev–Trinajstić information content (AvgIpc) is 3.15. The molecule has 0 amide bonds. The molecule has 166 valence electrons. The van der Waals surface area contributed by atoms with Gasteiger partial charge in [-0.2, -0.15) is 18.3 Å². The normalized spacial score (nSPS) is 12.1. The summed E-state index contributed by atoms with van der Waals surface area (Å²) in [6, 6.07) is 13.7. The highest BCUT2D eigenvalue weighted by atomic mass is 19.4. The molecule has 0 bridgehead atoms. The van der Waals surface area contributed by atoms with Gasteiger partial charge < -0.3 is 4.90 Å². The van der Waals surface area contributed by atoms with E-state index in [1.807, 2.05) is 37.0 Å². The first-order valence-electron chi connectivity index (χ1n) is 10.2. The van der Waals surface area contributed by atoms with Crippen LogP contribution in [0.4, 0.5) is 13.2 Å². The summed E-state index contributed by atoms with van der Waals surface area (Å²) in [5.74, 6) is 0. The number of halogens is 3. The van der Waals surface area contributed by atoms with Crippen LogP contribution in [-0.4, -0.2) is 39.9 Å². The minimum atomic E-state index is -4.39. The van der Waals surface area contributed by atoms with Gasteiger partial charge in [0.1, 0.15) is 0 Å². The third-order valence-corrected chi connectivity index (χ3v) is 5.34. The third-order valence-electron chi connectivity index (χ3n) is 5.34. The average molecular weight is 440 g/mol. The van der Waals surface area contributed by atoms with Crippen molar-refractivity contribution >= 4 is 10.9 Å². The number of alkyl halides is 3. The van der Waals surface area contributed by atoms with E-state index in [1.165, 1.54) is 22.8 Å². The fourth-order valence-electron chi connectivity index (χ4n) is 3.66. The predicted molar refractivity (Wildman–Crippen MR) is 119 cm³/mol. The molecule has 0 aliphatic carbocycles. The van der Waals surface area contributed by atoms with E-state index < -0.39 is 11.7 Å². The molecule has 0 N–H and O–H groups in total. The van der Waals surface area contributed by atoms with Gasteiger partial charge in [-0.15, -0.1) is 0 Å². The molecule has 2 heterocycles. The maximum atomic E-state index is 12.8. The van der Waals surface area contributed by atoms with Crippen LogP contribution in [0.3, 0.4) is 0 Å². The van der Waals surface area contributed by atoms with Gasteiger partial charge in [-0.05, 0) is 74.6 Å². The van der Waals surface area contributed by atoms with Crippen LogP contribution in [-0.2, 0) is 12.7 Å². The number of pyridine rings is 1. The van der Waals surface area contributed by atoms with Gasteiger partial charge in [0, 0.05) is 29.9 Å². The molecule has 4 aromatic rings. The van der Waals surface area contributed by atoms with Gasteiger partial charge in [-0.25, -0.2) is 0 Å². The Morgan fingerprint density at radius 1 is 0.969 bits per heavy atom. The summed E-state index contributed by atoms with van der Waals surface area (Å²) in [6.07, 6.45) is 0.0191. The molecule has 0 aliphatic rings. The standard InChI is InChI=1S/C24H23F3N4O/c1-29(2)11-3-12-31-22-9-8-21(14-19(22)16-28-31)30-13-10-18(15-23(30)32)17-4-6-20(7-5-17)24(25,26)27/h4-10,13-16H,3,11-12H2,1-2H3. The number of fused-ring (bicyclic) bond motifs is 1. The van der Waals surface area contributed by atoms with Gasteiger partial charge in [-0.3, -0.25) is 14.0 Å². The van der Waals surface area contributed by atoms with Crippen molar-refractivity contribution in [3.8, 4) is 16.8 Å². The molecule has 8 heteroatoms. The molecule has 0 radical (unpaired) electrons. The van der Waals surface area contributed by atoms with E-state index in [4.69, 9.17) is 0 Å². The Labute approximate surface area is 183 Å². The van der Waals surface area contributed by atoms with Gasteiger partial charge >= 0.3 is 6.18 Å². The second-order valence-electron chi connectivity index (χ2n) is 7.97. The summed E-state index contributed by atoms with van der Waals surface area (Å²) in [5.41, 5.74) is 1.84. The van der Waals surface area contributed by atoms with Crippen molar-refractivity contribution in [1.29, 1.82) is 0 Å². The lowest BCUT2D eigenvalue weighted by Gasteiger charge is -2.11. The van der Waals surface area contributed by atoms with E-state index in [2.05, 4.69) is 10.00 Å². The molecule has 0 saturated heterocycles. The van der Waals surface area contributed by atoms with Crippen molar-refractivity contribution in [2.24, 2.45) is 0 Å². The molecule has 32 heavy (non-hydrogen) atoms. The fourth-order valence-corrected chi connectivity index (χ4v) is 3.66. The highest BCUT2D eigenvalue weighted by molar-refractivity contribution is 5.81. The van der Waals surface area contributed by atoms with E-state index in [0.717, 1.165) is 42.5 Å². The molecule has 5 nitrogen and oxygen atoms in total. The summed E-state index contributed by atoms with van der Waals surface area (Å²) >= 11 is 0. The lowest BCUT2D eigenvalue weighted by molar-refractivity contribution is -0.137. The number of aryl methyl sites for hydroxylation is 1. The first-order valence-corrected chi connectivity index (χ1v) is 10.2. The molecule has 2 aromatic carbocycles. The Balaban J connectivity index is 1.58. The largest absolute Gasteiger partial charge is 0.416 e. The second-order valence-corrected chi connectivity index (χ2v) is 7.97. The van der Waals surface area contributed by atoms with Gasteiger partial charge in [0.05, 0.1) is 17.3 Å². The van der Waals surface area contributed by atoms with Crippen molar-refractivity contribution in [3.05, 3.63) is 82.9 Å². The Bertz CT molecular complexity index is 1290. The van der Waals surface area contributed by atoms with Gasteiger partial charge in [0.2, 0.25) is 0 Å². The maximum Gasteiger partial charge on any atom is 0.416 e. The first-order chi connectivity index (χ1) is 15.2. The SMILES string of the molecule is CN(C)CCCn1ncc2cc(-n3ccc(-c4ccc(C(F)(F)F)cc4)cc3=O)ccc21. The van der Waals surface area contributed by atoms with E-state index in [0.29, 0.717) is 16.8 Å². The monoisotopic (exact) mass is 440 g/mol. The fraction of sp³-hybridized carbons (Fsp3) is 0.250. The molecule has 4 rings (SSSR count). The van der Waals surface area contributed by atoms with Crippen LogP contribution in [0.15, 0.2) is 71.8 Å². The molecular weight excluding hydrogens is 417 g/mol. The lowest BCUT2D eigenvalue weighted by atomic mass is 10.0. The molecule has 0 aliphatic heterocycles. The molecule has 0 atom stereocenters. The van der Waals surface area contributed by atoms with Gasteiger partial charge in [0.25, 0.3) is 5.56 Å². The number of hydrogen-bond donors (Lipinski definition) is 0. The minimum Gasteiger partial charge on any atom is -0.309 e. The van der Waals surface area contributed by atoms with Crippen LogP contribution in [0.5, 0.6) is 0 Å². The molecular formula is C24H23F3N4O. The summed E-state index contributed by atoms with van der Waals surface area (Å²) in [7, 11) is 4.07. The second kappa shape index (κ2) is 8.63. The topological polar surface area (TPSA) is 43.1 Å². The lowest BCUT2D eigenvalue weighted by Crippen LogP contribution is -2.16. The number of nitrogens with zero attached hydrogens (tertiary/aromatic N) is 4. The predicted octanol–water partition coefficient (Wildman–Crippen LogP) is 4.82. The summed E-state index contributed by atoms with van der Waals surface area (Å²) in [4.78, 5) is 14.9. The highest BCUT2D eigenvalue weighted by Gasteiger charge is 2.29. The third kappa shape index (κ3) is 4.60. The number of aromatic nitrogens is 3. The quantitative estimate of drug-likeness (QED) is 0.432. The minimum absolute atomic E-state index is 0.264. The number of hydrogen-bond acceptors (Lipinski definition) is 3. The van der Waals surface area contributed by atoms with Gasteiger partial charge in [0.15, 0.2) is 0 Å². The van der Waals surface area contributed by atoms with Crippen LogP contribution in [0.25, 0.3) is 27.7 Å². The van der Waals surface area contributed by atoms with E-state index in [9.17, 15) is 18.0 Å². The van der Waals surface area contributed by atoms with E-state index in [-0.39, 0.29) is 5.56 Å². The van der Waals surface area contributed by atoms with Crippen molar-refractivity contribution < 1.29 is 13.2 Å². The first kappa shape index (κ1) is 21.8. The number of rotatable bonds is 6. The van der Waals surface area contributed by atoms with Crippen molar-refractivity contribution in [2.75, 3.05) is 20.6 Å². The van der Waals surface area contributed by atoms with E-state index >= 15 is 0 Å². The summed E-state index contributed by atoms with van der Waals surface area (Å²) < 4.78 is 41.8.